The van der Waals surface area contributed by atoms with E-state index in [2.05, 4.69) is 5.16 Å². The molecule has 0 saturated heterocycles. The zero-order valence-electron chi connectivity index (χ0n) is 15.0. The molecule has 1 amide bonds. The second-order valence-corrected chi connectivity index (χ2v) is 7.61. The van der Waals surface area contributed by atoms with Gasteiger partial charge in [0.2, 0.25) is 5.76 Å². The van der Waals surface area contributed by atoms with Crippen molar-refractivity contribution >= 4 is 45.9 Å². The zero-order valence-corrected chi connectivity index (χ0v) is 16.5. The molecule has 1 aliphatic heterocycles. The van der Waals surface area contributed by atoms with E-state index < -0.39 is 11.9 Å². The lowest BCUT2D eigenvalue weighted by Crippen LogP contribution is -2.29. The van der Waals surface area contributed by atoms with E-state index in [4.69, 9.17) is 32.1 Å². The second kappa shape index (κ2) is 6.47. The molecule has 144 valence electrons. The number of hydrogen-bond acceptors (Lipinski definition) is 5. The molecule has 0 fully saturated rings. The first-order valence-electron chi connectivity index (χ1n) is 8.72. The summed E-state index contributed by atoms with van der Waals surface area (Å²) in [5.74, 6) is 0.336. The SMILES string of the molecule is Cc1cc(N2C(=O)c3oc4ccc(Cl)cc4c(=O)c3[C@@H]2c2ccc(Cl)cc2)no1. The molecule has 6 nitrogen and oxygen atoms in total. The highest BCUT2D eigenvalue weighted by atomic mass is 35.5. The summed E-state index contributed by atoms with van der Waals surface area (Å²) in [4.78, 5) is 28.1. The Labute approximate surface area is 174 Å². The molecule has 1 atom stereocenters. The maximum Gasteiger partial charge on any atom is 0.296 e. The van der Waals surface area contributed by atoms with Crippen molar-refractivity contribution in [3.63, 3.8) is 0 Å². The predicted octanol–water partition coefficient (Wildman–Crippen LogP) is 5.15. The van der Waals surface area contributed by atoms with Crippen LogP contribution in [0.3, 0.4) is 0 Å². The van der Waals surface area contributed by atoms with Crippen LogP contribution in [0.5, 0.6) is 0 Å². The van der Waals surface area contributed by atoms with Crippen LogP contribution in [0.25, 0.3) is 11.0 Å². The number of rotatable bonds is 2. The van der Waals surface area contributed by atoms with Gasteiger partial charge in [0.25, 0.3) is 5.91 Å². The smallest absolute Gasteiger partial charge is 0.296 e. The monoisotopic (exact) mass is 426 g/mol. The van der Waals surface area contributed by atoms with Gasteiger partial charge in [-0.2, -0.15) is 0 Å². The summed E-state index contributed by atoms with van der Waals surface area (Å²) in [6.45, 7) is 1.72. The molecule has 0 bridgehead atoms. The maximum atomic E-state index is 13.4. The van der Waals surface area contributed by atoms with Crippen molar-refractivity contribution in [2.45, 2.75) is 13.0 Å². The zero-order chi connectivity index (χ0) is 20.3. The van der Waals surface area contributed by atoms with Crippen molar-refractivity contribution in [2.24, 2.45) is 0 Å². The lowest BCUT2D eigenvalue weighted by atomic mass is 9.98. The summed E-state index contributed by atoms with van der Waals surface area (Å²) < 4.78 is 11.0. The van der Waals surface area contributed by atoms with Crippen molar-refractivity contribution in [3.05, 3.63) is 91.4 Å². The van der Waals surface area contributed by atoms with E-state index >= 15 is 0 Å². The molecule has 3 heterocycles. The Balaban J connectivity index is 1.83. The fraction of sp³-hybridized carbons (Fsp3) is 0.0952. The van der Waals surface area contributed by atoms with E-state index in [0.717, 1.165) is 0 Å². The minimum atomic E-state index is -0.737. The van der Waals surface area contributed by atoms with Gasteiger partial charge >= 0.3 is 0 Å². The van der Waals surface area contributed by atoms with Gasteiger partial charge in [-0.15, -0.1) is 0 Å². The average molecular weight is 427 g/mol. The highest BCUT2D eigenvalue weighted by Crippen LogP contribution is 2.41. The van der Waals surface area contributed by atoms with Crippen LogP contribution in [-0.4, -0.2) is 11.1 Å². The Hall–Kier alpha value is -3.09. The minimum absolute atomic E-state index is 0.0228. The average Bonchev–Trinajstić information content (AvgIpc) is 3.25. The molecule has 8 heteroatoms. The molecule has 29 heavy (non-hydrogen) atoms. The van der Waals surface area contributed by atoms with E-state index in [-0.39, 0.29) is 16.8 Å². The van der Waals surface area contributed by atoms with E-state index in [0.29, 0.717) is 38.2 Å². The van der Waals surface area contributed by atoms with Crippen molar-refractivity contribution in [3.8, 4) is 0 Å². The van der Waals surface area contributed by atoms with Crippen molar-refractivity contribution in [1.82, 2.24) is 5.16 Å². The number of carbonyl (C=O) groups is 1. The molecular formula is C21H12Cl2N2O4. The number of nitrogens with zero attached hydrogens (tertiary/aromatic N) is 2. The molecule has 2 aromatic carbocycles. The third-order valence-electron chi connectivity index (χ3n) is 4.88. The summed E-state index contributed by atoms with van der Waals surface area (Å²) in [6.07, 6.45) is 0. The van der Waals surface area contributed by atoms with Gasteiger partial charge in [0.05, 0.1) is 17.0 Å². The number of halogens is 2. The quantitative estimate of drug-likeness (QED) is 0.443. The number of anilines is 1. The first kappa shape index (κ1) is 18.0. The highest BCUT2D eigenvalue weighted by molar-refractivity contribution is 6.31. The number of fused-ring (bicyclic) bond motifs is 2. The largest absolute Gasteiger partial charge is 0.450 e. The Morgan fingerprint density at radius 2 is 1.72 bits per heavy atom. The molecule has 0 spiro atoms. The molecular weight excluding hydrogens is 415 g/mol. The molecule has 0 unspecified atom stereocenters. The highest BCUT2D eigenvalue weighted by Gasteiger charge is 2.44. The van der Waals surface area contributed by atoms with Crippen LogP contribution in [0.15, 0.2) is 62.3 Å². The Kier molecular flexibility index (Phi) is 4.01. The standard InChI is InChI=1S/C21H12Cl2N2O4/c1-10-8-16(24-29-10)25-18(11-2-4-12(22)5-3-11)17-19(26)14-9-13(23)6-7-15(14)28-20(17)21(25)27/h2-9,18H,1H3/t18-/m0/s1. The first-order valence-corrected chi connectivity index (χ1v) is 9.48. The molecule has 0 saturated carbocycles. The second-order valence-electron chi connectivity index (χ2n) is 6.74. The van der Waals surface area contributed by atoms with E-state index in [9.17, 15) is 9.59 Å². The fourth-order valence-corrected chi connectivity index (χ4v) is 3.91. The van der Waals surface area contributed by atoms with Crippen molar-refractivity contribution in [1.29, 1.82) is 0 Å². The van der Waals surface area contributed by atoms with E-state index in [1.54, 1.807) is 49.4 Å². The van der Waals surface area contributed by atoms with Gasteiger partial charge < -0.3 is 8.94 Å². The summed E-state index contributed by atoms with van der Waals surface area (Å²) in [5.41, 5.74) is 0.892. The Morgan fingerprint density at radius 3 is 2.41 bits per heavy atom. The summed E-state index contributed by atoms with van der Waals surface area (Å²) >= 11 is 12.1. The molecule has 0 aliphatic carbocycles. The molecule has 5 rings (SSSR count). The molecule has 2 aromatic heterocycles. The lowest BCUT2D eigenvalue weighted by Gasteiger charge is -2.22. The van der Waals surface area contributed by atoms with Gasteiger partial charge in [-0.25, -0.2) is 0 Å². The third kappa shape index (κ3) is 2.75. The Morgan fingerprint density at radius 1 is 1.00 bits per heavy atom. The van der Waals surface area contributed by atoms with Gasteiger partial charge in [-0.1, -0.05) is 40.5 Å². The van der Waals surface area contributed by atoms with Gasteiger partial charge in [0, 0.05) is 16.1 Å². The van der Waals surface area contributed by atoms with Gasteiger partial charge in [0.1, 0.15) is 11.3 Å². The number of aromatic nitrogens is 1. The fourth-order valence-electron chi connectivity index (χ4n) is 3.61. The van der Waals surface area contributed by atoms with Crippen LogP contribution >= 0.6 is 23.2 Å². The van der Waals surface area contributed by atoms with Crippen LogP contribution < -0.4 is 10.3 Å². The van der Waals surface area contributed by atoms with Crippen LogP contribution in [0.4, 0.5) is 5.82 Å². The van der Waals surface area contributed by atoms with E-state index in [1.807, 2.05) is 0 Å². The Bertz CT molecular complexity index is 1340. The van der Waals surface area contributed by atoms with Crippen LogP contribution in [0.1, 0.15) is 33.5 Å². The van der Waals surface area contributed by atoms with Crippen LogP contribution in [-0.2, 0) is 0 Å². The number of hydrogen-bond donors (Lipinski definition) is 0. The van der Waals surface area contributed by atoms with E-state index in [1.165, 1.54) is 11.0 Å². The van der Waals surface area contributed by atoms with Gasteiger partial charge in [-0.3, -0.25) is 14.5 Å². The maximum absolute atomic E-state index is 13.4. The van der Waals surface area contributed by atoms with Crippen LogP contribution in [0.2, 0.25) is 10.0 Å². The van der Waals surface area contributed by atoms with Gasteiger partial charge in [-0.05, 0) is 42.8 Å². The number of aryl methyl sites for hydroxylation is 1. The normalized spacial score (nSPS) is 15.9. The number of benzene rings is 2. The third-order valence-corrected chi connectivity index (χ3v) is 5.37. The predicted molar refractivity (Wildman–Crippen MR) is 109 cm³/mol. The summed E-state index contributed by atoms with van der Waals surface area (Å²) in [6, 6.07) is 12.5. The molecule has 0 N–H and O–H groups in total. The van der Waals surface area contributed by atoms with Crippen molar-refractivity contribution < 1.29 is 13.7 Å². The van der Waals surface area contributed by atoms with Gasteiger partial charge in [0.15, 0.2) is 11.2 Å². The summed E-state index contributed by atoms with van der Waals surface area (Å²) in [7, 11) is 0. The summed E-state index contributed by atoms with van der Waals surface area (Å²) in [5, 5.41) is 5.23. The van der Waals surface area contributed by atoms with Crippen molar-refractivity contribution in [2.75, 3.05) is 4.90 Å². The number of carbonyl (C=O) groups excluding carboxylic acids is 1. The lowest BCUT2D eigenvalue weighted by molar-refractivity contribution is 0.0969. The molecule has 4 aromatic rings. The molecule has 1 aliphatic rings. The van der Waals surface area contributed by atoms with Crippen LogP contribution in [0, 0.1) is 6.92 Å². The number of amides is 1. The first-order chi connectivity index (χ1) is 13.9. The topological polar surface area (TPSA) is 76.6 Å². The molecule has 0 radical (unpaired) electrons. The minimum Gasteiger partial charge on any atom is -0.450 e.